The number of thiocarbonyl (C=S) groups is 1. The van der Waals surface area contributed by atoms with E-state index in [1.165, 1.54) is 11.1 Å². The van der Waals surface area contributed by atoms with Crippen molar-refractivity contribution in [3.63, 3.8) is 0 Å². The van der Waals surface area contributed by atoms with Crippen LogP contribution in [-0.4, -0.2) is 10.9 Å². The molecule has 0 saturated heterocycles. The molecular formula is C17H18N2OS. The van der Waals surface area contributed by atoms with Crippen LogP contribution in [0.15, 0.2) is 48.5 Å². The first-order chi connectivity index (χ1) is 10.1. The molecule has 0 fully saturated rings. The Morgan fingerprint density at radius 3 is 2.52 bits per heavy atom. The van der Waals surface area contributed by atoms with Crippen LogP contribution in [-0.2, 0) is 11.2 Å². The van der Waals surface area contributed by atoms with Gasteiger partial charge in [0.1, 0.15) is 4.99 Å². The molecule has 3 N–H and O–H groups in total. The quantitative estimate of drug-likeness (QED) is 0.833. The predicted octanol–water partition coefficient (Wildman–Crippen LogP) is 3.20. The Labute approximate surface area is 130 Å². The third-order valence-corrected chi connectivity index (χ3v) is 3.57. The number of benzene rings is 2. The number of nitrogens with one attached hydrogen (secondary N) is 1. The average Bonchev–Trinajstić information content (AvgIpc) is 2.47. The van der Waals surface area contributed by atoms with E-state index in [-0.39, 0.29) is 10.9 Å². The van der Waals surface area contributed by atoms with E-state index in [0.717, 1.165) is 0 Å². The van der Waals surface area contributed by atoms with E-state index in [4.69, 9.17) is 18.0 Å². The van der Waals surface area contributed by atoms with E-state index in [1.54, 1.807) is 12.1 Å². The van der Waals surface area contributed by atoms with Crippen molar-refractivity contribution >= 4 is 28.8 Å². The first-order valence-electron chi connectivity index (χ1n) is 6.81. The van der Waals surface area contributed by atoms with E-state index in [0.29, 0.717) is 24.1 Å². The molecule has 0 aliphatic heterocycles. The molecule has 3 nitrogen and oxygen atoms in total. The number of anilines is 1. The Hall–Kier alpha value is -2.20. The highest BCUT2D eigenvalue weighted by molar-refractivity contribution is 7.80. The van der Waals surface area contributed by atoms with Gasteiger partial charge in [-0.25, -0.2) is 0 Å². The highest BCUT2D eigenvalue weighted by Crippen LogP contribution is 2.16. The molecule has 0 aliphatic rings. The summed E-state index contributed by atoms with van der Waals surface area (Å²) in [6.07, 6.45) is 1.14. The highest BCUT2D eigenvalue weighted by Gasteiger charge is 2.09. The SMILES string of the molecule is Cc1ccccc1CCC(=O)Nc1ccccc1C(N)=S. The van der Waals surface area contributed by atoms with Crippen LogP contribution in [0.3, 0.4) is 0 Å². The number of rotatable bonds is 5. The highest BCUT2D eigenvalue weighted by atomic mass is 32.1. The lowest BCUT2D eigenvalue weighted by atomic mass is 10.0. The maximum Gasteiger partial charge on any atom is 0.224 e. The molecule has 0 radical (unpaired) electrons. The fourth-order valence-electron chi connectivity index (χ4n) is 2.16. The third-order valence-electron chi connectivity index (χ3n) is 3.35. The van der Waals surface area contributed by atoms with Gasteiger partial charge in [-0.05, 0) is 36.6 Å². The average molecular weight is 298 g/mol. The van der Waals surface area contributed by atoms with Crippen LogP contribution in [0.1, 0.15) is 23.1 Å². The summed E-state index contributed by atoms with van der Waals surface area (Å²) in [4.78, 5) is 12.4. The summed E-state index contributed by atoms with van der Waals surface area (Å²) in [6.45, 7) is 2.05. The molecule has 0 saturated carbocycles. The topological polar surface area (TPSA) is 55.1 Å². The molecule has 0 aliphatic carbocycles. The lowest BCUT2D eigenvalue weighted by Crippen LogP contribution is -2.17. The van der Waals surface area contributed by atoms with E-state index in [2.05, 4.69) is 18.3 Å². The van der Waals surface area contributed by atoms with Crippen LogP contribution in [0.25, 0.3) is 0 Å². The van der Waals surface area contributed by atoms with Crippen LogP contribution < -0.4 is 11.1 Å². The number of carbonyl (C=O) groups excluding carboxylic acids is 1. The lowest BCUT2D eigenvalue weighted by molar-refractivity contribution is -0.116. The number of nitrogens with two attached hydrogens (primary N) is 1. The molecule has 0 heterocycles. The van der Waals surface area contributed by atoms with Crippen molar-refractivity contribution in [1.29, 1.82) is 0 Å². The van der Waals surface area contributed by atoms with Gasteiger partial charge in [0.05, 0.1) is 5.69 Å². The van der Waals surface area contributed by atoms with Gasteiger partial charge in [0, 0.05) is 12.0 Å². The molecule has 0 atom stereocenters. The molecule has 21 heavy (non-hydrogen) atoms. The summed E-state index contributed by atoms with van der Waals surface area (Å²) in [5.41, 5.74) is 9.41. The van der Waals surface area contributed by atoms with Gasteiger partial charge in [-0.3, -0.25) is 4.79 Å². The van der Waals surface area contributed by atoms with Gasteiger partial charge < -0.3 is 11.1 Å². The van der Waals surface area contributed by atoms with Crippen LogP contribution in [0, 0.1) is 6.92 Å². The Morgan fingerprint density at radius 2 is 1.81 bits per heavy atom. The molecule has 4 heteroatoms. The van der Waals surface area contributed by atoms with Gasteiger partial charge in [-0.15, -0.1) is 0 Å². The molecule has 0 aromatic heterocycles. The second-order valence-electron chi connectivity index (χ2n) is 4.88. The van der Waals surface area contributed by atoms with Crippen molar-refractivity contribution in [2.45, 2.75) is 19.8 Å². The number of aryl methyl sites for hydroxylation is 2. The lowest BCUT2D eigenvalue weighted by Gasteiger charge is -2.10. The predicted molar refractivity (Wildman–Crippen MR) is 90.5 cm³/mol. The van der Waals surface area contributed by atoms with E-state index < -0.39 is 0 Å². The molecule has 0 bridgehead atoms. The molecule has 0 unspecified atom stereocenters. The maximum absolute atomic E-state index is 12.1. The Bertz CT molecular complexity index is 667. The fourth-order valence-corrected chi connectivity index (χ4v) is 2.34. The Morgan fingerprint density at radius 1 is 1.14 bits per heavy atom. The van der Waals surface area contributed by atoms with E-state index in [9.17, 15) is 4.79 Å². The van der Waals surface area contributed by atoms with Crippen LogP contribution in [0.4, 0.5) is 5.69 Å². The zero-order valence-electron chi connectivity index (χ0n) is 11.9. The van der Waals surface area contributed by atoms with Crippen molar-refractivity contribution < 1.29 is 4.79 Å². The van der Waals surface area contributed by atoms with Gasteiger partial charge in [-0.2, -0.15) is 0 Å². The van der Waals surface area contributed by atoms with Crippen molar-refractivity contribution in [3.8, 4) is 0 Å². The van der Waals surface area contributed by atoms with Gasteiger partial charge in [-0.1, -0.05) is 48.6 Å². The summed E-state index contributed by atoms with van der Waals surface area (Å²) in [6, 6.07) is 15.4. The van der Waals surface area contributed by atoms with E-state index in [1.807, 2.05) is 30.3 Å². The molecule has 2 aromatic rings. The summed E-state index contributed by atoms with van der Waals surface area (Å²) < 4.78 is 0. The van der Waals surface area contributed by atoms with Crippen LogP contribution in [0.5, 0.6) is 0 Å². The number of carbonyl (C=O) groups is 1. The molecule has 2 rings (SSSR count). The largest absolute Gasteiger partial charge is 0.389 e. The summed E-state index contributed by atoms with van der Waals surface area (Å²) in [5, 5.41) is 2.88. The Kier molecular flexibility index (Phi) is 5.06. The number of hydrogen-bond donors (Lipinski definition) is 2. The van der Waals surface area contributed by atoms with Crippen LogP contribution >= 0.6 is 12.2 Å². The minimum Gasteiger partial charge on any atom is -0.389 e. The van der Waals surface area contributed by atoms with Crippen LogP contribution in [0.2, 0.25) is 0 Å². The van der Waals surface area contributed by atoms with Crippen molar-refractivity contribution in [2.75, 3.05) is 5.32 Å². The van der Waals surface area contributed by atoms with Gasteiger partial charge in [0.2, 0.25) is 5.91 Å². The molecular weight excluding hydrogens is 280 g/mol. The number of amides is 1. The summed E-state index contributed by atoms with van der Waals surface area (Å²) in [5.74, 6) is -0.0399. The second kappa shape index (κ2) is 6.99. The van der Waals surface area contributed by atoms with Crippen molar-refractivity contribution in [2.24, 2.45) is 5.73 Å². The monoisotopic (exact) mass is 298 g/mol. The van der Waals surface area contributed by atoms with Crippen molar-refractivity contribution in [1.82, 2.24) is 0 Å². The minimum atomic E-state index is -0.0399. The minimum absolute atomic E-state index is 0.0399. The van der Waals surface area contributed by atoms with E-state index >= 15 is 0 Å². The first kappa shape index (κ1) is 15.2. The molecule has 2 aromatic carbocycles. The first-order valence-corrected chi connectivity index (χ1v) is 7.22. The summed E-state index contributed by atoms with van der Waals surface area (Å²) >= 11 is 4.99. The zero-order chi connectivity index (χ0) is 15.2. The molecule has 0 spiro atoms. The summed E-state index contributed by atoms with van der Waals surface area (Å²) in [7, 11) is 0. The van der Waals surface area contributed by atoms with Crippen molar-refractivity contribution in [3.05, 3.63) is 65.2 Å². The second-order valence-corrected chi connectivity index (χ2v) is 5.32. The molecule has 108 valence electrons. The number of para-hydroxylation sites is 1. The zero-order valence-corrected chi connectivity index (χ0v) is 12.7. The van der Waals surface area contributed by atoms with Gasteiger partial charge in [0.25, 0.3) is 0 Å². The van der Waals surface area contributed by atoms with Gasteiger partial charge >= 0.3 is 0 Å². The normalized spacial score (nSPS) is 10.1. The van der Waals surface area contributed by atoms with Gasteiger partial charge in [0.15, 0.2) is 0 Å². The third kappa shape index (κ3) is 4.13. The molecule has 1 amide bonds. The number of hydrogen-bond acceptors (Lipinski definition) is 2. The Balaban J connectivity index is 2.00. The smallest absolute Gasteiger partial charge is 0.224 e. The maximum atomic E-state index is 12.1. The fraction of sp³-hybridized carbons (Fsp3) is 0.176. The standard InChI is InChI=1S/C17H18N2OS/c1-12-6-2-3-7-13(12)10-11-16(20)19-15-9-5-4-8-14(15)17(18)21/h2-9H,10-11H2,1H3,(H2,18,21)(H,19,20).